The standard InChI is InChI=1S/C10H12N2O/c1-7-3-4-9-8(11-7)5-6-10(12-9)13-2/h3-6,10,12H,1-2H3. The first-order chi connectivity index (χ1) is 6.29. The van der Waals surface area contributed by atoms with Crippen molar-refractivity contribution in [1.82, 2.24) is 4.98 Å². The van der Waals surface area contributed by atoms with Crippen LogP contribution in [0.4, 0.5) is 5.69 Å². The molecular weight excluding hydrogens is 164 g/mol. The van der Waals surface area contributed by atoms with Crippen molar-refractivity contribution in [2.24, 2.45) is 0 Å². The summed E-state index contributed by atoms with van der Waals surface area (Å²) in [5.41, 5.74) is 3.04. The van der Waals surface area contributed by atoms with Crippen LogP contribution in [0.1, 0.15) is 11.4 Å². The van der Waals surface area contributed by atoms with Crippen LogP contribution in [0.2, 0.25) is 0 Å². The quantitative estimate of drug-likeness (QED) is 0.708. The van der Waals surface area contributed by atoms with Crippen molar-refractivity contribution in [2.45, 2.75) is 13.2 Å². The smallest absolute Gasteiger partial charge is 0.147 e. The number of aryl methyl sites for hydroxylation is 1. The molecule has 1 aromatic heterocycles. The SMILES string of the molecule is COC1C=Cc2nc(C)ccc2N1. The first-order valence-electron chi connectivity index (χ1n) is 4.25. The van der Waals surface area contributed by atoms with E-state index in [9.17, 15) is 0 Å². The summed E-state index contributed by atoms with van der Waals surface area (Å²) in [7, 11) is 1.68. The monoisotopic (exact) mass is 176 g/mol. The van der Waals surface area contributed by atoms with Gasteiger partial charge in [-0.2, -0.15) is 0 Å². The van der Waals surface area contributed by atoms with E-state index in [1.54, 1.807) is 7.11 Å². The van der Waals surface area contributed by atoms with E-state index >= 15 is 0 Å². The molecule has 1 atom stereocenters. The van der Waals surface area contributed by atoms with Crippen LogP contribution in [0.25, 0.3) is 6.08 Å². The number of hydrogen-bond donors (Lipinski definition) is 1. The Bertz CT molecular complexity index is 347. The Hall–Kier alpha value is -1.35. The average Bonchev–Trinajstić information content (AvgIpc) is 2.17. The molecule has 0 spiro atoms. The predicted octanol–water partition coefficient (Wildman–Crippen LogP) is 1.80. The summed E-state index contributed by atoms with van der Waals surface area (Å²) in [4.78, 5) is 4.38. The maximum Gasteiger partial charge on any atom is 0.147 e. The Morgan fingerprint density at radius 2 is 2.31 bits per heavy atom. The number of fused-ring (bicyclic) bond motifs is 1. The van der Waals surface area contributed by atoms with Crippen LogP contribution in [-0.4, -0.2) is 18.3 Å². The lowest BCUT2D eigenvalue weighted by Gasteiger charge is -2.20. The van der Waals surface area contributed by atoms with Gasteiger partial charge in [0.1, 0.15) is 6.23 Å². The van der Waals surface area contributed by atoms with Gasteiger partial charge in [-0.1, -0.05) is 0 Å². The lowest BCUT2D eigenvalue weighted by Crippen LogP contribution is -2.22. The molecule has 68 valence electrons. The van der Waals surface area contributed by atoms with Gasteiger partial charge >= 0.3 is 0 Å². The van der Waals surface area contributed by atoms with Gasteiger partial charge in [0.05, 0.1) is 11.4 Å². The molecule has 2 heterocycles. The molecule has 2 rings (SSSR count). The van der Waals surface area contributed by atoms with E-state index in [0.29, 0.717) is 0 Å². The summed E-state index contributed by atoms with van der Waals surface area (Å²) in [5, 5.41) is 3.20. The van der Waals surface area contributed by atoms with Crippen molar-refractivity contribution < 1.29 is 4.74 Å². The van der Waals surface area contributed by atoms with Gasteiger partial charge in [0, 0.05) is 12.8 Å². The van der Waals surface area contributed by atoms with E-state index in [0.717, 1.165) is 17.1 Å². The molecule has 1 N–H and O–H groups in total. The molecule has 0 aromatic carbocycles. The zero-order chi connectivity index (χ0) is 9.26. The van der Waals surface area contributed by atoms with Crippen LogP contribution in [-0.2, 0) is 4.74 Å². The molecule has 1 aliphatic heterocycles. The molecule has 3 nitrogen and oxygen atoms in total. The second kappa shape index (κ2) is 3.18. The van der Waals surface area contributed by atoms with Crippen molar-refractivity contribution >= 4 is 11.8 Å². The van der Waals surface area contributed by atoms with E-state index in [4.69, 9.17) is 4.74 Å². The normalized spacial score (nSPS) is 19.4. The van der Waals surface area contributed by atoms with E-state index in [1.807, 2.05) is 31.2 Å². The largest absolute Gasteiger partial charge is 0.358 e. The van der Waals surface area contributed by atoms with Gasteiger partial charge in [-0.25, -0.2) is 0 Å². The molecule has 3 heteroatoms. The van der Waals surface area contributed by atoms with E-state index in [-0.39, 0.29) is 6.23 Å². The second-order valence-electron chi connectivity index (χ2n) is 3.05. The zero-order valence-corrected chi connectivity index (χ0v) is 7.74. The number of methoxy groups -OCH3 is 1. The number of aromatic nitrogens is 1. The Morgan fingerprint density at radius 1 is 1.46 bits per heavy atom. The minimum absolute atomic E-state index is 0.0305. The van der Waals surface area contributed by atoms with Gasteiger partial charge in [-0.3, -0.25) is 4.98 Å². The minimum Gasteiger partial charge on any atom is -0.358 e. The van der Waals surface area contributed by atoms with Gasteiger partial charge in [0.25, 0.3) is 0 Å². The van der Waals surface area contributed by atoms with Crippen LogP contribution in [0.15, 0.2) is 18.2 Å². The van der Waals surface area contributed by atoms with Crippen LogP contribution >= 0.6 is 0 Å². The van der Waals surface area contributed by atoms with E-state index < -0.39 is 0 Å². The van der Waals surface area contributed by atoms with Crippen LogP contribution in [0.3, 0.4) is 0 Å². The molecule has 0 aliphatic carbocycles. The van der Waals surface area contributed by atoms with Crippen LogP contribution < -0.4 is 5.32 Å². The molecule has 0 radical (unpaired) electrons. The number of anilines is 1. The zero-order valence-electron chi connectivity index (χ0n) is 7.74. The van der Waals surface area contributed by atoms with Crippen molar-refractivity contribution in [3.8, 4) is 0 Å². The Balaban J connectivity index is 2.35. The number of ether oxygens (including phenoxy) is 1. The fraction of sp³-hybridized carbons (Fsp3) is 0.300. The number of rotatable bonds is 1. The molecule has 13 heavy (non-hydrogen) atoms. The van der Waals surface area contributed by atoms with Gasteiger partial charge in [0.2, 0.25) is 0 Å². The first kappa shape index (κ1) is 8.26. The van der Waals surface area contributed by atoms with Crippen molar-refractivity contribution in [3.05, 3.63) is 29.6 Å². The van der Waals surface area contributed by atoms with Crippen LogP contribution in [0, 0.1) is 6.92 Å². The highest BCUT2D eigenvalue weighted by Gasteiger charge is 2.11. The molecule has 0 amide bonds. The van der Waals surface area contributed by atoms with Gasteiger partial charge in [-0.15, -0.1) is 0 Å². The number of hydrogen-bond acceptors (Lipinski definition) is 3. The van der Waals surface area contributed by atoms with Crippen LogP contribution in [0.5, 0.6) is 0 Å². The Morgan fingerprint density at radius 3 is 3.08 bits per heavy atom. The maximum atomic E-state index is 5.15. The van der Waals surface area contributed by atoms with Gasteiger partial charge in [0.15, 0.2) is 0 Å². The third kappa shape index (κ3) is 1.55. The average molecular weight is 176 g/mol. The Kier molecular flexibility index (Phi) is 2.02. The predicted molar refractivity (Wildman–Crippen MR) is 52.4 cm³/mol. The summed E-state index contributed by atoms with van der Waals surface area (Å²) in [6.45, 7) is 1.98. The maximum absolute atomic E-state index is 5.15. The molecule has 0 fully saturated rings. The summed E-state index contributed by atoms with van der Waals surface area (Å²) >= 11 is 0. The van der Waals surface area contributed by atoms with E-state index in [2.05, 4.69) is 10.3 Å². The first-order valence-corrected chi connectivity index (χ1v) is 4.25. The van der Waals surface area contributed by atoms with Gasteiger partial charge in [-0.05, 0) is 31.2 Å². The number of pyridine rings is 1. The topological polar surface area (TPSA) is 34.1 Å². The molecule has 0 saturated carbocycles. The highest BCUT2D eigenvalue weighted by molar-refractivity contribution is 5.67. The van der Waals surface area contributed by atoms with E-state index in [1.165, 1.54) is 0 Å². The molecular formula is C10H12N2O. The second-order valence-corrected chi connectivity index (χ2v) is 3.05. The molecule has 1 aromatic rings. The van der Waals surface area contributed by atoms with Crippen molar-refractivity contribution in [1.29, 1.82) is 0 Å². The molecule has 0 bridgehead atoms. The lowest BCUT2D eigenvalue weighted by molar-refractivity contribution is 0.163. The van der Waals surface area contributed by atoms with Crippen molar-refractivity contribution in [3.63, 3.8) is 0 Å². The third-order valence-electron chi connectivity index (χ3n) is 2.04. The summed E-state index contributed by atoms with van der Waals surface area (Å²) < 4.78 is 5.15. The minimum atomic E-state index is -0.0305. The fourth-order valence-electron chi connectivity index (χ4n) is 1.34. The Labute approximate surface area is 77.4 Å². The van der Waals surface area contributed by atoms with Gasteiger partial charge < -0.3 is 10.1 Å². The number of nitrogens with one attached hydrogen (secondary N) is 1. The fourth-order valence-corrected chi connectivity index (χ4v) is 1.34. The third-order valence-corrected chi connectivity index (χ3v) is 2.04. The number of nitrogens with zero attached hydrogens (tertiary/aromatic N) is 1. The summed E-state index contributed by atoms with van der Waals surface area (Å²) in [6, 6.07) is 4.00. The molecule has 0 saturated heterocycles. The molecule has 1 aliphatic rings. The molecule has 1 unspecified atom stereocenters. The summed E-state index contributed by atoms with van der Waals surface area (Å²) in [6.07, 6.45) is 3.90. The summed E-state index contributed by atoms with van der Waals surface area (Å²) in [5.74, 6) is 0. The highest BCUT2D eigenvalue weighted by atomic mass is 16.5. The lowest BCUT2D eigenvalue weighted by atomic mass is 10.2. The van der Waals surface area contributed by atoms with Crippen molar-refractivity contribution in [2.75, 3.05) is 12.4 Å². The highest BCUT2D eigenvalue weighted by Crippen LogP contribution is 2.21.